The lowest BCUT2D eigenvalue weighted by Crippen LogP contribution is -2.09. The second-order valence-corrected chi connectivity index (χ2v) is 2.93. The molecule has 1 rings (SSSR count). The van der Waals surface area contributed by atoms with Crippen LogP contribution >= 0.6 is 11.6 Å². The molecular weight excluding hydrogens is 180 g/mol. The van der Waals surface area contributed by atoms with Gasteiger partial charge in [0.2, 0.25) is 0 Å². The molecule has 0 N–H and O–H groups in total. The highest BCUT2D eigenvalue weighted by atomic mass is 35.5. The number of ether oxygens (including phenoxy) is 2. The minimum Gasteiger partial charge on any atom is -0.493 e. The number of hydrogen-bond donors (Lipinski definition) is 0. The molecule has 0 radical (unpaired) electrons. The van der Waals surface area contributed by atoms with Gasteiger partial charge in [-0.1, -0.05) is 0 Å². The van der Waals surface area contributed by atoms with Crippen molar-refractivity contribution in [1.82, 2.24) is 0 Å². The van der Waals surface area contributed by atoms with E-state index in [1.54, 1.807) is 6.92 Å². The van der Waals surface area contributed by atoms with Crippen molar-refractivity contribution in [2.75, 3.05) is 13.0 Å². The summed E-state index contributed by atoms with van der Waals surface area (Å²) in [6.45, 7) is 1.75. The van der Waals surface area contributed by atoms with Crippen LogP contribution in [-0.2, 0) is 14.3 Å². The third-order valence-electron chi connectivity index (χ3n) is 1.80. The Morgan fingerprint density at radius 3 is 2.92 bits per heavy atom. The first kappa shape index (κ1) is 9.39. The van der Waals surface area contributed by atoms with Crippen molar-refractivity contribution >= 4 is 17.6 Å². The topological polar surface area (TPSA) is 35.5 Å². The lowest BCUT2D eigenvalue weighted by atomic mass is 10.1. The highest BCUT2D eigenvalue weighted by molar-refractivity contribution is 6.18. The zero-order chi connectivity index (χ0) is 9.14. The Kier molecular flexibility index (Phi) is 2.98. The average molecular weight is 191 g/mol. The smallest absolute Gasteiger partial charge is 0.337 e. The Labute approximate surface area is 76.3 Å². The summed E-state index contributed by atoms with van der Waals surface area (Å²) in [4.78, 5) is 11.1. The quantitative estimate of drug-likeness (QED) is 0.489. The largest absolute Gasteiger partial charge is 0.493 e. The van der Waals surface area contributed by atoms with E-state index in [1.165, 1.54) is 7.11 Å². The molecule has 0 saturated heterocycles. The van der Waals surface area contributed by atoms with Crippen molar-refractivity contribution in [2.24, 2.45) is 0 Å². The van der Waals surface area contributed by atoms with Gasteiger partial charge in [0.25, 0.3) is 0 Å². The molecule has 1 aliphatic heterocycles. The number of alkyl halides is 1. The van der Waals surface area contributed by atoms with Crippen molar-refractivity contribution in [3.8, 4) is 0 Å². The van der Waals surface area contributed by atoms with E-state index in [9.17, 15) is 4.79 Å². The Bertz CT molecular complexity index is 222. The van der Waals surface area contributed by atoms with E-state index in [1.807, 2.05) is 0 Å². The third kappa shape index (κ3) is 1.72. The Balaban J connectivity index is 2.66. The fourth-order valence-electron chi connectivity index (χ4n) is 1.17. The number of esters is 1. The van der Waals surface area contributed by atoms with Gasteiger partial charge >= 0.3 is 5.97 Å². The monoisotopic (exact) mass is 190 g/mol. The van der Waals surface area contributed by atoms with E-state index < -0.39 is 0 Å². The molecule has 0 bridgehead atoms. The van der Waals surface area contributed by atoms with E-state index in [2.05, 4.69) is 4.74 Å². The standard InChI is InChI=1S/C8H11ClO3/c1-5-7(8(10)11-2)3-6(4-9)12-5/h6H,3-4H2,1-2H3. The van der Waals surface area contributed by atoms with Gasteiger partial charge in [-0.05, 0) is 6.92 Å². The number of methoxy groups -OCH3 is 1. The van der Waals surface area contributed by atoms with E-state index in [4.69, 9.17) is 16.3 Å². The summed E-state index contributed by atoms with van der Waals surface area (Å²) < 4.78 is 9.87. The molecule has 1 atom stereocenters. The normalized spacial score (nSPS) is 22.4. The Morgan fingerprint density at radius 2 is 2.50 bits per heavy atom. The lowest BCUT2D eigenvalue weighted by molar-refractivity contribution is -0.136. The maximum absolute atomic E-state index is 11.1. The van der Waals surface area contributed by atoms with Crippen molar-refractivity contribution < 1.29 is 14.3 Å². The predicted molar refractivity (Wildman–Crippen MR) is 44.9 cm³/mol. The molecule has 0 aromatic rings. The molecule has 4 heteroatoms. The van der Waals surface area contributed by atoms with Crippen LogP contribution in [0.25, 0.3) is 0 Å². The number of carbonyl (C=O) groups excluding carboxylic acids is 1. The SMILES string of the molecule is COC(=O)C1=C(C)OC(CCl)C1. The molecule has 0 aromatic heterocycles. The van der Waals surface area contributed by atoms with Crippen molar-refractivity contribution in [3.05, 3.63) is 11.3 Å². The molecule has 0 spiro atoms. The van der Waals surface area contributed by atoms with Gasteiger partial charge in [-0.25, -0.2) is 4.79 Å². The van der Waals surface area contributed by atoms with Crippen LogP contribution in [0.15, 0.2) is 11.3 Å². The number of carbonyl (C=O) groups is 1. The van der Waals surface area contributed by atoms with Crippen LogP contribution in [0.1, 0.15) is 13.3 Å². The van der Waals surface area contributed by atoms with Gasteiger partial charge in [-0.2, -0.15) is 0 Å². The molecule has 1 heterocycles. The molecule has 3 nitrogen and oxygen atoms in total. The number of allylic oxidation sites excluding steroid dienone is 1. The molecule has 68 valence electrons. The summed E-state index contributed by atoms with van der Waals surface area (Å²) in [5, 5.41) is 0. The van der Waals surface area contributed by atoms with E-state index >= 15 is 0 Å². The van der Waals surface area contributed by atoms with Crippen molar-refractivity contribution in [3.63, 3.8) is 0 Å². The summed E-state index contributed by atoms with van der Waals surface area (Å²) in [7, 11) is 1.36. The van der Waals surface area contributed by atoms with Gasteiger partial charge in [0.15, 0.2) is 0 Å². The minimum absolute atomic E-state index is 0.0687. The van der Waals surface area contributed by atoms with E-state index in [-0.39, 0.29) is 12.1 Å². The second-order valence-electron chi connectivity index (χ2n) is 2.62. The Hall–Kier alpha value is -0.700. The van der Waals surface area contributed by atoms with Crippen LogP contribution in [-0.4, -0.2) is 25.1 Å². The molecule has 0 saturated carbocycles. The molecule has 12 heavy (non-hydrogen) atoms. The van der Waals surface area contributed by atoms with E-state index in [0.29, 0.717) is 23.6 Å². The zero-order valence-corrected chi connectivity index (χ0v) is 7.85. The summed E-state index contributed by atoms with van der Waals surface area (Å²) in [6, 6.07) is 0. The van der Waals surface area contributed by atoms with Gasteiger partial charge in [0.05, 0.1) is 18.6 Å². The lowest BCUT2D eigenvalue weighted by Gasteiger charge is -2.05. The molecule has 0 fully saturated rings. The van der Waals surface area contributed by atoms with Crippen LogP contribution < -0.4 is 0 Å². The summed E-state index contributed by atoms with van der Waals surface area (Å²) in [5.74, 6) is 0.713. The number of hydrogen-bond acceptors (Lipinski definition) is 3. The molecule has 1 unspecified atom stereocenters. The van der Waals surface area contributed by atoms with Gasteiger partial charge in [0.1, 0.15) is 11.9 Å². The first-order valence-corrected chi connectivity index (χ1v) is 4.23. The minimum atomic E-state index is -0.319. The summed E-state index contributed by atoms with van der Waals surface area (Å²) in [5.41, 5.74) is 0.600. The maximum atomic E-state index is 11.1. The van der Waals surface area contributed by atoms with E-state index in [0.717, 1.165) is 0 Å². The molecular formula is C8H11ClO3. The predicted octanol–water partition coefficient (Wildman–Crippen LogP) is 1.46. The molecule has 0 aliphatic carbocycles. The molecule has 0 amide bonds. The molecule has 1 aliphatic rings. The van der Waals surface area contributed by atoms with Crippen LogP contribution in [0.2, 0.25) is 0 Å². The number of halogens is 1. The second kappa shape index (κ2) is 3.81. The third-order valence-corrected chi connectivity index (χ3v) is 2.15. The Morgan fingerprint density at radius 1 is 1.83 bits per heavy atom. The van der Waals surface area contributed by atoms with Crippen LogP contribution in [0.5, 0.6) is 0 Å². The van der Waals surface area contributed by atoms with Gasteiger partial charge < -0.3 is 9.47 Å². The zero-order valence-electron chi connectivity index (χ0n) is 7.09. The highest BCUT2D eigenvalue weighted by Gasteiger charge is 2.27. The van der Waals surface area contributed by atoms with Gasteiger partial charge in [-0.3, -0.25) is 0 Å². The van der Waals surface area contributed by atoms with Gasteiger partial charge in [-0.15, -0.1) is 11.6 Å². The van der Waals surface area contributed by atoms with Crippen molar-refractivity contribution in [1.29, 1.82) is 0 Å². The summed E-state index contributed by atoms with van der Waals surface area (Å²) in [6.07, 6.45) is 0.489. The first-order chi connectivity index (χ1) is 5.69. The van der Waals surface area contributed by atoms with Gasteiger partial charge in [0, 0.05) is 6.42 Å². The van der Waals surface area contributed by atoms with Crippen LogP contribution in [0, 0.1) is 0 Å². The summed E-state index contributed by atoms with van der Waals surface area (Å²) >= 11 is 5.58. The number of rotatable bonds is 2. The fourth-order valence-corrected chi connectivity index (χ4v) is 1.34. The molecule has 0 aromatic carbocycles. The van der Waals surface area contributed by atoms with Crippen LogP contribution in [0.3, 0.4) is 0 Å². The maximum Gasteiger partial charge on any atom is 0.337 e. The first-order valence-electron chi connectivity index (χ1n) is 3.69. The average Bonchev–Trinajstić information content (AvgIpc) is 2.45. The van der Waals surface area contributed by atoms with Crippen LogP contribution in [0.4, 0.5) is 0 Å². The fraction of sp³-hybridized carbons (Fsp3) is 0.625. The van der Waals surface area contributed by atoms with Crippen molar-refractivity contribution in [2.45, 2.75) is 19.4 Å². The highest BCUT2D eigenvalue weighted by Crippen LogP contribution is 2.25.